The molecule has 140 valence electrons. The van der Waals surface area contributed by atoms with Gasteiger partial charge >= 0.3 is 0 Å². The summed E-state index contributed by atoms with van der Waals surface area (Å²) < 4.78 is 5.50. The lowest BCUT2D eigenvalue weighted by Crippen LogP contribution is -2.48. The lowest BCUT2D eigenvalue weighted by atomic mass is 10.2. The first-order valence-corrected chi connectivity index (χ1v) is 8.65. The van der Waals surface area contributed by atoms with E-state index in [1.54, 1.807) is 36.4 Å². The fourth-order valence-electron chi connectivity index (χ4n) is 2.66. The molecule has 2 aromatic rings. The molecule has 8 nitrogen and oxygen atoms in total. The predicted molar refractivity (Wildman–Crippen MR) is 98.0 cm³/mol. The van der Waals surface area contributed by atoms with Gasteiger partial charge in [0.15, 0.2) is 0 Å². The van der Waals surface area contributed by atoms with E-state index < -0.39 is 17.9 Å². The van der Waals surface area contributed by atoms with Crippen molar-refractivity contribution in [2.75, 3.05) is 11.5 Å². The van der Waals surface area contributed by atoms with Gasteiger partial charge in [0.1, 0.15) is 11.8 Å². The molecule has 3 rings (SSSR count). The summed E-state index contributed by atoms with van der Waals surface area (Å²) >= 11 is 0. The van der Waals surface area contributed by atoms with Gasteiger partial charge in [0.2, 0.25) is 5.91 Å². The van der Waals surface area contributed by atoms with Crippen LogP contribution in [0, 0.1) is 0 Å². The highest BCUT2D eigenvalue weighted by molar-refractivity contribution is 6.22. The van der Waals surface area contributed by atoms with Crippen molar-refractivity contribution in [2.45, 2.75) is 25.8 Å². The van der Waals surface area contributed by atoms with Crippen molar-refractivity contribution >= 4 is 23.4 Å². The first kappa shape index (κ1) is 18.5. The summed E-state index contributed by atoms with van der Waals surface area (Å²) in [5, 5.41) is 0. The number of nitrogens with one attached hydrogen (secondary N) is 2. The number of aromatic nitrogens is 1. The molecule has 0 saturated carbocycles. The normalized spacial score (nSPS) is 16.5. The number of hydrazine groups is 1. The molecule has 0 spiro atoms. The van der Waals surface area contributed by atoms with Crippen LogP contribution in [0.5, 0.6) is 5.75 Å². The van der Waals surface area contributed by atoms with Crippen molar-refractivity contribution in [1.82, 2.24) is 15.8 Å². The standard InChI is InChI=1S/C19H20N4O4/c1-2-11-27-15-5-3-14(4-6-15)23-17(24)12-16(19(23)26)21-22-18(25)13-7-9-20-10-8-13/h3-10,16,21H,2,11-12H2,1H3,(H,22,25)/t16-/m0/s1. The zero-order valence-electron chi connectivity index (χ0n) is 14.8. The summed E-state index contributed by atoms with van der Waals surface area (Å²) in [6, 6.07) is 9.05. The van der Waals surface area contributed by atoms with Gasteiger partial charge < -0.3 is 4.74 Å². The van der Waals surface area contributed by atoms with Gasteiger partial charge in [-0.2, -0.15) is 0 Å². The number of carbonyl (C=O) groups is 3. The molecule has 1 aliphatic heterocycles. The van der Waals surface area contributed by atoms with Crippen LogP contribution in [0.3, 0.4) is 0 Å². The summed E-state index contributed by atoms with van der Waals surface area (Å²) in [7, 11) is 0. The minimum atomic E-state index is -0.820. The van der Waals surface area contributed by atoms with Crippen LogP contribution in [-0.4, -0.2) is 35.4 Å². The molecule has 2 N–H and O–H groups in total. The van der Waals surface area contributed by atoms with Crippen LogP contribution in [-0.2, 0) is 9.59 Å². The van der Waals surface area contributed by atoms with Gasteiger partial charge in [-0.3, -0.25) is 24.8 Å². The Kier molecular flexibility index (Phi) is 5.77. The second-order valence-corrected chi connectivity index (χ2v) is 6.00. The Hall–Kier alpha value is -3.26. The largest absolute Gasteiger partial charge is 0.494 e. The number of hydrogen-bond donors (Lipinski definition) is 2. The number of anilines is 1. The van der Waals surface area contributed by atoms with Gasteiger partial charge in [0.05, 0.1) is 18.7 Å². The van der Waals surface area contributed by atoms with Crippen molar-refractivity contribution < 1.29 is 19.1 Å². The molecule has 1 aliphatic rings. The predicted octanol–water partition coefficient (Wildman–Crippen LogP) is 1.44. The average molecular weight is 368 g/mol. The minimum Gasteiger partial charge on any atom is -0.494 e. The van der Waals surface area contributed by atoms with Gasteiger partial charge in [-0.1, -0.05) is 6.92 Å². The van der Waals surface area contributed by atoms with Crippen molar-refractivity contribution in [3.05, 3.63) is 54.4 Å². The van der Waals surface area contributed by atoms with Crippen LogP contribution in [0.25, 0.3) is 0 Å². The number of ether oxygens (including phenoxy) is 1. The minimum absolute atomic E-state index is 0.0382. The Morgan fingerprint density at radius 2 is 1.89 bits per heavy atom. The molecule has 1 aromatic heterocycles. The molecule has 1 aromatic carbocycles. The number of imide groups is 1. The Balaban J connectivity index is 1.62. The van der Waals surface area contributed by atoms with Crippen LogP contribution < -0.4 is 20.5 Å². The van der Waals surface area contributed by atoms with Crippen LogP contribution in [0.15, 0.2) is 48.8 Å². The topological polar surface area (TPSA) is 101 Å². The Bertz CT molecular complexity index is 823. The van der Waals surface area contributed by atoms with Crippen LogP contribution in [0.4, 0.5) is 5.69 Å². The van der Waals surface area contributed by atoms with Crippen LogP contribution >= 0.6 is 0 Å². The Morgan fingerprint density at radius 3 is 2.56 bits per heavy atom. The molecule has 0 unspecified atom stereocenters. The summed E-state index contributed by atoms with van der Waals surface area (Å²) in [4.78, 5) is 41.8. The molecule has 2 heterocycles. The summed E-state index contributed by atoms with van der Waals surface area (Å²) in [5.41, 5.74) is 5.97. The number of amides is 3. The monoisotopic (exact) mass is 368 g/mol. The first-order valence-electron chi connectivity index (χ1n) is 8.65. The number of pyridine rings is 1. The summed E-state index contributed by atoms with van der Waals surface area (Å²) in [6.07, 6.45) is 3.84. The lowest BCUT2D eigenvalue weighted by molar-refractivity contribution is -0.121. The van der Waals surface area contributed by atoms with E-state index in [1.807, 2.05) is 6.92 Å². The molecule has 0 radical (unpaired) electrons. The Labute approximate surface area is 156 Å². The number of rotatable bonds is 7. The Morgan fingerprint density at radius 1 is 1.19 bits per heavy atom. The maximum atomic E-state index is 12.6. The third-order valence-corrected chi connectivity index (χ3v) is 4.02. The molecule has 1 saturated heterocycles. The summed E-state index contributed by atoms with van der Waals surface area (Å²) in [5.74, 6) is -0.484. The van der Waals surface area contributed by atoms with E-state index in [-0.39, 0.29) is 12.3 Å². The van der Waals surface area contributed by atoms with Crippen molar-refractivity contribution in [3.63, 3.8) is 0 Å². The van der Waals surface area contributed by atoms with E-state index in [4.69, 9.17) is 4.74 Å². The van der Waals surface area contributed by atoms with Gasteiger partial charge in [-0.25, -0.2) is 10.3 Å². The van der Waals surface area contributed by atoms with E-state index in [0.717, 1.165) is 11.3 Å². The number of benzene rings is 1. The molecule has 3 amide bonds. The first-order chi connectivity index (χ1) is 13.1. The van der Waals surface area contributed by atoms with Gasteiger partial charge in [0.25, 0.3) is 11.8 Å². The van der Waals surface area contributed by atoms with E-state index in [9.17, 15) is 14.4 Å². The fourth-order valence-corrected chi connectivity index (χ4v) is 2.66. The van der Waals surface area contributed by atoms with E-state index in [2.05, 4.69) is 15.8 Å². The van der Waals surface area contributed by atoms with Crippen molar-refractivity contribution in [3.8, 4) is 5.75 Å². The quantitative estimate of drug-likeness (QED) is 0.567. The summed E-state index contributed by atoms with van der Waals surface area (Å²) in [6.45, 7) is 2.61. The molecule has 1 atom stereocenters. The van der Waals surface area contributed by atoms with Crippen molar-refractivity contribution in [1.29, 1.82) is 0 Å². The number of carbonyl (C=O) groups excluding carboxylic acids is 3. The highest BCUT2D eigenvalue weighted by Gasteiger charge is 2.39. The lowest BCUT2D eigenvalue weighted by Gasteiger charge is -2.16. The third-order valence-electron chi connectivity index (χ3n) is 4.02. The molecule has 0 bridgehead atoms. The zero-order chi connectivity index (χ0) is 19.2. The molecular weight excluding hydrogens is 348 g/mol. The fraction of sp³-hybridized carbons (Fsp3) is 0.263. The van der Waals surface area contributed by atoms with Crippen molar-refractivity contribution in [2.24, 2.45) is 0 Å². The van der Waals surface area contributed by atoms with Crippen LogP contribution in [0.2, 0.25) is 0 Å². The third kappa shape index (κ3) is 4.29. The highest BCUT2D eigenvalue weighted by atomic mass is 16.5. The SMILES string of the molecule is CCCOc1ccc(N2C(=O)C[C@H](NNC(=O)c3ccncc3)C2=O)cc1. The number of hydrogen-bond acceptors (Lipinski definition) is 6. The van der Waals surface area contributed by atoms with Crippen LogP contribution in [0.1, 0.15) is 30.1 Å². The maximum Gasteiger partial charge on any atom is 0.265 e. The van der Waals surface area contributed by atoms with Gasteiger partial charge in [-0.05, 0) is 42.8 Å². The average Bonchev–Trinajstić information content (AvgIpc) is 2.99. The van der Waals surface area contributed by atoms with E-state index >= 15 is 0 Å². The molecule has 27 heavy (non-hydrogen) atoms. The van der Waals surface area contributed by atoms with E-state index in [0.29, 0.717) is 23.6 Å². The van der Waals surface area contributed by atoms with Gasteiger partial charge in [-0.15, -0.1) is 0 Å². The molecular formula is C19H20N4O4. The molecule has 1 fully saturated rings. The zero-order valence-corrected chi connectivity index (χ0v) is 14.8. The second-order valence-electron chi connectivity index (χ2n) is 6.00. The highest BCUT2D eigenvalue weighted by Crippen LogP contribution is 2.25. The second kappa shape index (κ2) is 8.41. The molecule has 0 aliphatic carbocycles. The van der Waals surface area contributed by atoms with Gasteiger partial charge in [0, 0.05) is 18.0 Å². The van der Waals surface area contributed by atoms with E-state index in [1.165, 1.54) is 12.4 Å². The smallest absolute Gasteiger partial charge is 0.265 e. The molecule has 8 heteroatoms. The number of nitrogens with zero attached hydrogens (tertiary/aromatic N) is 2. The maximum absolute atomic E-state index is 12.6.